The molecule has 0 fully saturated rings. The summed E-state index contributed by atoms with van der Waals surface area (Å²) in [4.78, 5) is 7.93. The number of fused-ring (bicyclic) bond motifs is 1. The number of hydrogen-bond donors (Lipinski definition) is 1. The number of aromatic nitrogens is 2. The van der Waals surface area contributed by atoms with Gasteiger partial charge in [-0.1, -0.05) is 40.7 Å². The molecule has 0 amide bonds. The maximum Gasteiger partial charge on any atom is 0.142 e. The van der Waals surface area contributed by atoms with Crippen LogP contribution in [0.4, 0.5) is 0 Å². The highest BCUT2D eigenvalue weighted by molar-refractivity contribution is 9.10. The van der Waals surface area contributed by atoms with Crippen LogP contribution < -0.4 is 4.74 Å². The van der Waals surface area contributed by atoms with Gasteiger partial charge in [-0.3, -0.25) is 0 Å². The number of nitrogens with one attached hydrogen (secondary N) is 1. The van der Waals surface area contributed by atoms with E-state index in [9.17, 15) is 0 Å². The molecule has 0 saturated carbocycles. The smallest absolute Gasteiger partial charge is 0.142 e. The average molecular weight is 329 g/mol. The molecule has 0 unspecified atom stereocenters. The number of rotatable bonds is 4. The fraction of sp³-hybridized carbons (Fsp3) is 0.0625. The number of benzene rings is 2. The topological polar surface area (TPSA) is 37.9 Å². The summed E-state index contributed by atoms with van der Waals surface area (Å²) in [5.41, 5.74) is 2.88. The Labute approximate surface area is 125 Å². The van der Waals surface area contributed by atoms with Crippen molar-refractivity contribution in [3.8, 4) is 17.1 Å². The maximum atomic E-state index is 5.69. The molecular weight excluding hydrogens is 316 g/mol. The molecule has 0 radical (unpaired) electrons. The second-order valence-corrected chi connectivity index (χ2v) is 5.26. The molecule has 3 rings (SSSR count). The largest absolute Gasteiger partial charge is 0.489 e. The van der Waals surface area contributed by atoms with Crippen molar-refractivity contribution in [1.29, 1.82) is 0 Å². The molecule has 1 heterocycles. The molecular formula is C16H13BrN2O. The van der Waals surface area contributed by atoms with E-state index in [0.29, 0.717) is 6.61 Å². The Bertz CT molecular complexity index is 731. The first-order valence-corrected chi connectivity index (χ1v) is 7.05. The van der Waals surface area contributed by atoms with Crippen LogP contribution in [0.5, 0.6) is 5.75 Å². The molecule has 0 bridgehead atoms. The Morgan fingerprint density at radius 3 is 2.90 bits per heavy atom. The van der Waals surface area contributed by atoms with E-state index < -0.39 is 0 Å². The average Bonchev–Trinajstić information content (AvgIpc) is 2.89. The van der Waals surface area contributed by atoms with Crippen LogP contribution in [0.1, 0.15) is 0 Å². The first-order chi connectivity index (χ1) is 9.78. The first-order valence-electron chi connectivity index (χ1n) is 6.26. The van der Waals surface area contributed by atoms with E-state index in [2.05, 4.69) is 32.5 Å². The Balaban J connectivity index is 2.11. The Hall–Kier alpha value is -2.07. The number of imidazole rings is 1. The fourth-order valence-electron chi connectivity index (χ4n) is 2.04. The summed E-state index contributed by atoms with van der Waals surface area (Å²) < 4.78 is 6.68. The molecule has 0 spiro atoms. The molecule has 0 aliphatic heterocycles. The van der Waals surface area contributed by atoms with Crippen LogP contribution in [0.3, 0.4) is 0 Å². The van der Waals surface area contributed by atoms with E-state index >= 15 is 0 Å². The summed E-state index contributed by atoms with van der Waals surface area (Å²) in [5.74, 6) is 1.58. The monoisotopic (exact) mass is 328 g/mol. The number of aromatic amines is 1. The van der Waals surface area contributed by atoms with E-state index in [4.69, 9.17) is 4.74 Å². The number of ether oxygens (including phenoxy) is 1. The Morgan fingerprint density at radius 2 is 2.10 bits per heavy atom. The van der Waals surface area contributed by atoms with Crippen molar-refractivity contribution >= 4 is 27.0 Å². The predicted molar refractivity (Wildman–Crippen MR) is 84.9 cm³/mol. The highest BCUT2D eigenvalue weighted by Crippen LogP contribution is 2.32. The van der Waals surface area contributed by atoms with Crippen LogP contribution in [0.25, 0.3) is 22.4 Å². The zero-order valence-electron chi connectivity index (χ0n) is 10.8. The van der Waals surface area contributed by atoms with Gasteiger partial charge in [0.1, 0.15) is 18.2 Å². The van der Waals surface area contributed by atoms with Crippen LogP contribution in [-0.2, 0) is 0 Å². The molecule has 3 aromatic rings. The highest BCUT2D eigenvalue weighted by Gasteiger charge is 2.11. The summed E-state index contributed by atoms with van der Waals surface area (Å²) in [7, 11) is 0. The number of para-hydroxylation sites is 2. The van der Waals surface area contributed by atoms with E-state index in [-0.39, 0.29) is 0 Å². The van der Waals surface area contributed by atoms with Crippen molar-refractivity contribution in [2.45, 2.75) is 0 Å². The van der Waals surface area contributed by atoms with Gasteiger partial charge in [-0.2, -0.15) is 0 Å². The Morgan fingerprint density at radius 1 is 1.25 bits per heavy atom. The number of nitrogens with zero attached hydrogens (tertiary/aromatic N) is 1. The molecule has 0 aliphatic rings. The van der Waals surface area contributed by atoms with Gasteiger partial charge in [0.05, 0.1) is 16.6 Å². The van der Waals surface area contributed by atoms with Gasteiger partial charge in [-0.05, 0) is 30.3 Å². The van der Waals surface area contributed by atoms with Gasteiger partial charge in [-0.15, -0.1) is 0 Å². The van der Waals surface area contributed by atoms with E-state index in [1.54, 1.807) is 6.08 Å². The summed E-state index contributed by atoms with van der Waals surface area (Å²) in [6.07, 6.45) is 1.73. The molecule has 100 valence electrons. The van der Waals surface area contributed by atoms with Crippen LogP contribution in [0.15, 0.2) is 59.6 Å². The van der Waals surface area contributed by atoms with E-state index in [1.165, 1.54) is 0 Å². The second kappa shape index (κ2) is 5.51. The zero-order valence-corrected chi connectivity index (χ0v) is 12.4. The molecule has 1 aromatic heterocycles. The van der Waals surface area contributed by atoms with E-state index in [1.807, 2.05) is 42.5 Å². The minimum atomic E-state index is 0.467. The molecule has 3 nitrogen and oxygen atoms in total. The number of hydrogen-bond acceptors (Lipinski definition) is 2. The molecule has 20 heavy (non-hydrogen) atoms. The zero-order chi connectivity index (χ0) is 13.9. The molecule has 4 heteroatoms. The summed E-state index contributed by atoms with van der Waals surface area (Å²) in [6.45, 7) is 4.14. The first kappa shape index (κ1) is 12.9. The van der Waals surface area contributed by atoms with Crippen molar-refractivity contribution in [3.63, 3.8) is 0 Å². The van der Waals surface area contributed by atoms with Crippen LogP contribution in [-0.4, -0.2) is 16.6 Å². The van der Waals surface area contributed by atoms with Gasteiger partial charge in [0.25, 0.3) is 0 Å². The molecule has 0 atom stereocenters. The SMILES string of the molecule is C=CCOc1ccc(Br)cc1-c1nc2ccccc2[nH]1. The summed E-state index contributed by atoms with van der Waals surface area (Å²) in [6, 6.07) is 13.8. The highest BCUT2D eigenvalue weighted by atomic mass is 79.9. The van der Waals surface area contributed by atoms with Gasteiger partial charge in [0.2, 0.25) is 0 Å². The van der Waals surface area contributed by atoms with Gasteiger partial charge in [0, 0.05) is 4.47 Å². The van der Waals surface area contributed by atoms with Gasteiger partial charge < -0.3 is 9.72 Å². The van der Waals surface area contributed by atoms with Crippen LogP contribution in [0.2, 0.25) is 0 Å². The normalized spacial score (nSPS) is 10.7. The van der Waals surface area contributed by atoms with Gasteiger partial charge in [0.15, 0.2) is 0 Å². The van der Waals surface area contributed by atoms with Crippen molar-refractivity contribution in [2.24, 2.45) is 0 Å². The molecule has 1 N–H and O–H groups in total. The van der Waals surface area contributed by atoms with E-state index in [0.717, 1.165) is 32.6 Å². The van der Waals surface area contributed by atoms with Crippen LogP contribution >= 0.6 is 15.9 Å². The molecule has 2 aromatic carbocycles. The van der Waals surface area contributed by atoms with Gasteiger partial charge >= 0.3 is 0 Å². The Kier molecular flexibility index (Phi) is 3.56. The maximum absolute atomic E-state index is 5.69. The minimum Gasteiger partial charge on any atom is -0.489 e. The number of H-pyrrole nitrogens is 1. The van der Waals surface area contributed by atoms with Gasteiger partial charge in [-0.25, -0.2) is 4.98 Å². The lowest BCUT2D eigenvalue weighted by molar-refractivity contribution is 0.364. The lowest BCUT2D eigenvalue weighted by Crippen LogP contribution is -1.95. The fourth-order valence-corrected chi connectivity index (χ4v) is 2.40. The quantitative estimate of drug-likeness (QED) is 0.713. The van der Waals surface area contributed by atoms with Crippen molar-refractivity contribution < 1.29 is 4.74 Å². The second-order valence-electron chi connectivity index (χ2n) is 4.34. The van der Waals surface area contributed by atoms with Crippen LogP contribution in [0, 0.1) is 0 Å². The number of halogens is 1. The summed E-state index contributed by atoms with van der Waals surface area (Å²) >= 11 is 3.49. The lowest BCUT2D eigenvalue weighted by Gasteiger charge is -2.08. The molecule has 0 saturated heterocycles. The van der Waals surface area contributed by atoms with Crippen molar-refractivity contribution in [3.05, 3.63) is 59.6 Å². The standard InChI is InChI=1S/C16H13BrN2O/c1-2-9-20-15-8-7-11(17)10-12(15)16-18-13-5-3-4-6-14(13)19-16/h2-8,10H,1,9H2,(H,18,19). The third-order valence-electron chi connectivity index (χ3n) is 2.94. The summed E-state index contributed by atoms with van der Waals surface area (Å²) in [5, 5.41) is 0. The molecule has 0 aliphatic carbocycles. The predicted octanol–water partition coefficient (Wildman–Crippen LogP) is 4.56. The lowest BCUT2D eigenvalue weighted by atomic mass is 10.2. The third kappa shape index (κ3) is 2.47. The van der Waals surface area contributed by atoms with Crippen molar-refractivity contribution in [2.75, 3.05) is 6.61 Å². The minimum absolute atomic E-state index is 0.467. The third-order valence-corrected chi connectivity index (χ3v) is 3.44. The van der Waals surface area contributed by atoms with Crippen molar-refractivity contribution in [1.82, 2.24) is 9.97 Å².